The van der Waals surface area contributed by atoms with Gasteiger partial charge in [0.05, 0.1) is 13.7 Å². The fourth-order valence-corrected chi connectivity index (χ4v) is 3.01. The fraction of sp³-hybridized carbons (Fsp3) is 0.158. The van der Waals surface area contributed by atoms with Gasteiger partial charge in [-0.1, -0.05) is 47.5 Å². The Labute approximate surface area is 161 Å². The van der Waals surface area contributed by atoms with Gasteiger partial charge in [0, 0.05) is 22.3 Å². The molecule has 3 rings (SSSR count). The maximum atomic E-state index is 12.6. The Hall–Kier alpha value is -2.50. The summed E-state index contributed by atoms with van der Waals surface area (Å²) < 4.78 is 6.89. The van der Waals surface area contributed by atoms with Crippen LogP contribution in [0.5, 0.6) is 5.75 Å². The molecule has 7 heteroatoms. The molecule has 0 spiro atoms. The summed E-state index contributed by atoms with van der Waals surface area (Å²) in [6, 6.07) is 12.8. The Morgan fingerprint density at radius 3 is 2.65 bits per heavy atom. The maximum Gasteiger partial charge on any atom is 0.257 e. The molecule has 3 aromatic rings. The molecule has 0 radical (unpaired) electrons. The molecular weight excluding hydrogens is 373 g/mol. The van der Waals surface area contributed by atoms with Crippen LogP contribution in [0, 0.1) is 6.92 Å². The Morgan fingerprint density at radius 1 is 1.15 bits per heavy atom. The second-order valence-corrected chi connectivity index (χ2v) is 6.52. The zero-order valence-corrected chi connectivity index (χ0v) is 15.8. The fourth-order valence-electron chi connectivity index (χ4n) is 2.62. The molecule has 0 aliphatic rings. The van der Waals surface area contributed by atoms with Crippen LogP contribution in [0.1, 0.15) is 21.5 Å². The van der Waals surface area contributed by atoms with E-state index in [0.717, 1.165) is 11.1 Å². The van der Waals surface area contributed by atoms with Gasteiger partial charge in [0.15, 0.2) is 5.82 Å². The van der Waals surface area contributed by atoms with Gasteiger partial charge in [-0.2, -0.15) is 5.10 Å². The van der Waals surface area contributed by atoms with Crippen LogP contribution >= 0.6 is 23.2 Å². The van der Waals surface area contributed by atoms with E-state index in [-0.39, 0.29) is 5.91 Å². The first kappa shape index (κ1) is 18.3. The smallest absolute Gasteiger partial charge is 0.257 e. The van der Waals surface area contributed by atoms with Crippen LogP contribution in [0.25, 0.3) is 0 Å². The van der Waals surface area contributed by atoms with E-state index >= 15 is 0 Å². The predicted molar refractivity (Wildman–Crippen MR) is 103 cm³/mol. The first-order valence-corrected chi connectivity index (χ1v) is 8.66. The van der Waals surface area contributed by atoms with Crippen LogP contribution in [0.2, 0.25) is 10.0 Å². The van der Waals surface area contributed by atoms with Gasteiger partial charge >= 0.3 is 0 Å². The first-order valence-electron chi connectivity index (χ1n) is 7.91. The number of ether oxygens (including phenoxy) is 1. The zero-order chi connectivity index (χ0) is 18.7. The number of anilines is 1. The number of nitrogens with zero attached hydrogens (tertiary/aromatic N) is 2. The molecule has 0 fully saturated rings. The Bertz CT molecular complexity index is 954. The van der Waals surface area contributed by atoms with Crippen molar-refractivity contribution in [1.82, 2.24) is 9.78 Å². The van der Waals surface area contributed by atoms with Gasteiger partial charge in [0.25, 0.3) is 5.91 Å². The largest absolute Gasteiger partial charge is 0.496 e. The number of benzene rings is 2. The van der Waals surface area contributed by atoms with E-state index in [4.69, 9.17) is 27.9 Å². The van der Waals surface area contributed by atoms with E-state index in [9.17, 15) is 4.79 Å². The number of aromatic nitrogens is 2. The molecule has 5 nitrogen and oxygen atoms in total. The number of nitrogens with one attached hydrogen (secondary N) is 1. The van der Waals surface area contributed by atoms with Crippen molar-refractivity contribution >= 4 is 34.9 Å². The van der Waals surface area contributed by atoms with E-state index in [1.165, 1.54) is 0 Å². The number of carbonyl (C=O) groups excluding carboxylic acids is 1. The molecule has 2 aromatic carbocycles. The van der Waals surface area contributed by atoms with Crippen molar-refractivity contribution in [2.75, 3.05) is 12.4 Å². The summed E-state index contributed by atoms with van der Waals surface area (Å²) in [5, 5.41) is 8.10. The standard InChI is InChI=1S/C19H17Cl2N3O2/c1-12-14(7-5-9-17(12)26-2)19(25)22-18-16(21)11-24(23-18)10-13-6-3-4-8-15(13)20/h3-9,11H,10H2,1-2H3,(H,22,23,25). The van der Waals surface area contributed by atoms with Gasteiger partial charge in [0.1, 0.15) is 10.8 Å². The molecule has 0 aliphatic carbocycles. The van der Waals surface area contributed by atoms with Crippen molar-refractivity contribution in [3.8, 4) is 5.75 Å². The zero-order valence-electron chi connectivity index (χ0n) is 14.3. The van der Waals surface area contributed by atoms with Gasteiger partial charge in [-0.05, 0) is 30.7 Å². The molecule has 134 valence electrons. The first-order chi connectivity index (χ1) is 12.5. The van der Waals surface area contributed by atoms with Crippen LogP contribution in [-0.2, 0) is 6.54 Å². The predicted octanol–water partition coefficient (Wildman–Crippen LogP) is 4.81. The Balaban J connectivity index is 1.80. The molecule has 0 bridgehead atoms. The number of rotatable bonds is 5. The second kappa shape index (κ2) is 7.81. The topological polar surface area (TPSA) is 56.1 Å². The summed E-state index contributed by atoms with van der Waals surface area (Å²) in [6.45, 7) is 2.28. The Morgan fingerprint density at radius 2 is 1.92 bits per heavy atom. The van der Waals surface area contributed by atoms with Crippen molar-refractivity contribution < 1.29 is 9.53 Å². The molecular formula is C19H17Cl2N3O2. The van der Waals surface area contributed by atoms with Crippen LogP contribution in [-0.4, -0.2) is 22.8 Å². The molecule has 1 aromatic heterocycles. The molecule has 0 atom stereocenters. The lowest BCUT2D eigenvalue weighted by molar-refractivity contribution is 0.102. The summed E-state index contributed by atoms with van der Waals surface area (Å²) in [4.78, 5) is 12.6. The van der Waals surface area contributed by atoms with E-state index < -0.39 is 0 Å². The molecule has 0 aliphatic heterocycles. The van der Waals surface area contributed by atoms with Crippen molar-refractivity contribution in [1.29, 1.82) is 0 Å². The molecule has 1 N–H and O–H groups in total. The number of hydrogen-bond acceptors (Lipinski definition) is 3. The summed E-state index contributed by atoms with van der Waals surface area (Å²) in [5.74, 6) is 0.644. The third-order valence-corrected chi connectivity index (χ3v) is 4.63. The summed E-state index contributed by atoms with van der Waals surface area (Å²) in [7, 11) is 1.57. The van der Waals surface area contributed by atoms with E-state index in [2.05, 4.69) is 10.4 Å². The minimum absolute atomic E-state index is 0.297. The minimum atomic E-state index is -0.300. The van der Waals surface area contributed by atoms with Gasteiger partial charge in [-0.15, -0.1) is 0 Å². The van der Waals surface area contributed by atoms with Crippen molar-refractivity contribution in [3.63, 3.8) is 0 Å². The van der Waals surface area contributed by atoms with Gasteiger partial charge in [0.2, 0.25) is 0 Å². The van der Waals surface area contributed by atoms with Crippen LogP contribution in [0.3, 0.4) is 0 Å². The molecule has 26 heavy (non-hydrogen) atoms. The van der Waals surface area contributed by atoms with E-state index in [1.54, 1.807) is 36.2 Å². The third kappa shape index (κ3) is 3.84. The Kier molecular flexibility index (Phi) is 5.49. The molecule has 0 saturated carbocycles. The number of halogens is 2. The third-order valence-electron chi connectivity index (χ3n) is 3.99. The van der Waals surface area contributed by atoms with Gasteiger partial charge in [-0.25, -0.2) is 0 Å². The van der Waals surface area contributed by atoms with Crippen molar-refractivity contribution in [2.24, 2.45) is 0 Å². The van der Waals surface area contributed by atoms with Crippen molar-refractivity contribution in [2.45, 2.75) is 13.5 Å². The lowest BCUT2D eigenvalue weighted by Crippen LogP contribution is -2.15. The highest BCUT2D eigenvalue weighted by Crippen LogP contribution is 2.25. The second-order valence-electron chi connectivity index (χ2n) is 5.70. The highest BCUT2D eigenvalue weighted by atomic mass is 35.5. The quantitative estimate of drug-likeness (QED) is 0.681. The molecule has 1 heterocycles. The maximum absolute atomic E-state index is 12.6. The summed E-state index contributed by atoms with van der Waals surface area (Å²) >= 11 is 12.4. The molecule has 0 saturated heterocycles. The minimum Gasteiger partial charge on any atom is -0.496 e. The highest BCUT2D eigenvalue weighted by Gasteiger charge is 2.16. The lowest BCUT2D eigenvalue weighted by atomic mass is 10.1. The number of hydrogen-bond donors (Lipinski definition) is 1. The number of amides is 1. The highest BCUT2D eigenvalue weighted by molar-refractivity contribution is 6.33. The van der Waals surface area contributed by atoms with Gasteiger partial charge in [-0.3, -0.25) is 9.48 Å². The normalized spacial score (nSPS) is 10.6. The monoisotopic (exact) mass is 389 g/mol. The average Bonchev–Trinajstić information content (AvgIpc) is 2.96. The van der Waals surface area contributed by atoms with E-state index in [1.807, 2.05) is 31.2 Å². The van der Waals surface area contributed by atoms with Crippen LogP contribution in [0.4, 0.5) is 5.82 Å². The molecule has 1 amide bonds. The van der Waals surface area contributed by atoms with Crippen molar-refractivity contribution in [3.05, 3.63) is 75.4 Å². The lowest BCUT2D eigenvalue weighted by Gasteiger charge is -2.09. The number of methoxy groups -OCH3 is 1. The summed E-state index contributed by atoms with van der Waals surface area (Å²) in [5.41, 5.74) is 2.16. The van der Waals surface area contributed by atoms with E-state index in [0.29, 0.717) is 33.7 Å². The summed E-state index contributed by atoms with van der Waals surface area (Å²) in [6.07, 6.45) is 1.65. The molecule has 0 unspecified atom stereocenters. The van der Waals surface area contributed by atoms with Crippen LogP contribution < -0.4 is 10.1 Å². The van der Waals surface area contributed by atoms with Crippen LogP contribution in [0.15, 0.2) is 48.7 Å². The average molecular weight is 390 g/mol. The number of carbonyl (C=O) groups is 1. The SMILES string of the molecule is COc1cccc(C(=O)Nc2nn(Cc3ccccc3Cl)cc2Cl)c1C. The van der Waals surface area contributed by atoms with Gasteiger partial charge < -0.3 is 10.1 Å².